The van der Waals surface area contributed by atoms with E-state index in [0.717, 1.165) is 0 Å². The van der Waals surface area contributed by atoms with Crippen LogP contribution in [0.4, 0.5) is 0 Å². The van der Waals surface area contributed by atoms with Gasteiger partial charge in [0.15, 0.2) is 0 Å². The quantitative estimate of drug-likeness (QED) is 0.574. The van der Waals surface area contributed by atoms with E-state index in [0.29, 0.717) is 0 Å². The van der Waals surface area contributed by atoms with Gasteiger partial charge in [-0.1, -0.05) is 30.4 Å². The van der Waals surface area contributed by atoms with Crippen molar-refractivity contribution in [2.45, 2.75) is 13.8 Å². The maximum atomic E-state index is 2.24. The first-order valence-corrected chi connectivity index (χ1v) is 4.89. The van der Waals surface area contributed by atoms with Gasteiger partial charge in [-0.15, -0.1) is 0 Å². The predicted octanol–water partition coefficient (Wildman–Crippen LogP) is 1.33. The monoisotopic (exact) mass is 185 g/mol. The summed E-state index contributed by atoms with van der Waals surface area (Å²) in [4.78, 5) is 0. The number of allylic oxidation sites excluding steroid dienone is 4. The Kier molecular flexibility index (Phi) is 2.16. The maximum absolute atomic E-state index is 2.24. The Morgan fingerprint density at radius 2 is 1.57 bits per heavy atom. The Bertz CT molecular complexity index is 477. The van der Waals surface area contributed by atoms with E-state index < -0.39 is 0 Å². The smallest absolute Gasteiger partial charge is 0.0482 e. The summed E-state index contributed by atoms with van der Waals surface area (Å²) in [5, 5.41) is 2.63. The van der Waals surface area contributed by atoms with Gasteiger partial charge in [-0.05, 0) is 25.5 Å². The van der Waals surface area contributed by atoms with Gasteiger partial charge < -0.3 is 4.57 Å². The van der Waals surface area contributed by atoms with Gasteiger partial charge in [-0.2, -0.15) is 0 Å². The topological polar surface area (TPSA) is 4.93 Å². The fourth-order valence-electron chi connectivity index (χ4n) is 1.84. The number of hydrogen-bond acceptors (Lipinski definition) is 0. The molecule has 1 nitrogen and oxygen atoms in total. The van der Waals surface area contributed by atoms with Crippen LogP contribution in [0.15, 0.2) is 24.3 Å². The Labute approximate surface area is 84.4 Å². The van der Waals surface area contributed by atoms with Crippen LogP contribution in [-0.4, -0.2) is 4.57 Å². The van der Waals surface area contributed by atoms with Crippen LogP contribution in [0.2, 0.25) is 0 Å². The highest BCUT2D eigenvalue weighted by Crippen LogP contribution is 1.97. The molecule has 0 aromatic carbocycles. The van der Waals surface area contributed by atoms with E-state index >= 15 is 0 Å². The number of hydrogen-bond donors (Lipinski definition) is 0. The number of nitrogens with zero attached hydrogens (tertiary/aromatic N) is 1. The van der Waals surface area contributed by atoms with Gasteiger partial charge in [0.1, 0.15) is 0 Å². The van der Waals surface area contributed by atoms with Crippen LogP contribution in [0.5, 0.6) is 0 Å². The molecule has 1 aromatic rings. The lowest BCUT2D eigenvalue weighted by Crippen LogP contribution is -2.28. The summed E-state index contributed by atoms with van der Waals surface area (Å²) in [6.45, 7) is 4.34. The van der Waals surface area contributed by atoms with Crippen molar-refractivity contribution >= 4 is 12.2 Å². The Hall–Kier alpha value is -1.50. The van der Waals surface area contributed by atoms with Gasteiger partial charge in [0, 0.05) is 23.3 Å². The molecule has 1 aliphatic carbocycles. The molecule has 0 amide bonds. The van der Waals surface area contributed by atoms with Crippen LogP contribution in [0.1, 0.15) is 11.3 Å². The third-order valence-electron chi connectivity index (χ3n) is 2.94. The van der Waals surface area contributed by atoms with Gasteiger partial charge in [-0.25, -0.2) is 0 Å². The van der Waals surface area contributed by atoms with Gasteiger partial charge in [-0.3, -0.25) is 0 Å². The van der Waals surface area contributed by atoms with Crippen molar-refractivity contribution in [1.29, 1.82) is 0 Å². The van der Waals surface area contributed by atoms with Crippen LogP contribution < -0.4 is 10.6 Å². The molecule has 0 saturated carbocycles. The van der Waals surface area contributed by atoms with Crippen molar-refractivity contribution in [2.75, 3.05) is 0 Å². The Morgan fingerprint density at radius 3 is 2.29 bits per heavy atom. The molecule has 72 valence electrons. The summed E-state index contributed by atoms with van der Waals surface area (Å²) in [6, 6.07) is 0. The van der Waals surface area contributed by atoms with Crippen LogP contribution in [-0.2, 0) is 7.05 Å². The lowest BCUT2D eigenvalue weighted by molar-refractivity contribution is 0.846. The molecular formula is C13H15N. The second-order valence-corrected chi connectivity index (χ2v) is 3.67. The van der Waals surface area contributed by atoms with Gasteiger partial charge in [0.05, 0.1) is 0 Å². The molecule has 0 unspecified atom stereocenters. The fraction of sp³-hybridized carbons (Fsp3) is 0.231. The van der Waals surface area contributed by atoms with Crippen molar-refractivity contribution in [1.82, 2.24) is 4.57 Å². The van der Waals surface area contributed by atoms with E-state index in [1.165, 1.54) is 21.8 Å². The molecule has 1 heterocycles. The molecule has 0 spiro atoms. The van der Waals surface area contributed by atoms with E-state index in [4.69, 9.17) is 0 Å². The molecule has 1 aromatic heterocycles. The van der Waals surface area contributed by atoms with Crippen LogP contribution in [0.3, 0.4) is 0 Å². The highest BCUT2D eigenvalue weighted by molar-refractivity contribution is 5.49. The third-order valence-corrected chi connectivity index (χ3v) is 2.94. The van der Waals surface area contributed by atoms with Crippen LogP contribution >= 0.6 is 0 Å². The van der Waals surface area contributed by atoms with Gasteiger partial charge in [0.25, 0.3) is 0 Å². The lowest BCUT2D eigenvalue weighted by atomic mass is 10.2. The zero-order valence-corrected chi connectivity index (χ0v) is 8.91. The summed E-state index contributed by atoms with van der Waals surface area (Å²) < 4.78 is 2.24. The standard InChI is InChI=1S/C13H15N/c1-10-11(2)14(3)13-9-7-5-4-6-8-12(10)13/h4-9H,1-3H3/b5-4?,6-4-,7-5-,8-6?,9-7?,12-8-,13-9+. The first-order valence-electron chi connectivity index (χ1n) is 4.89. The number of fused-ring (bicyclic) bond motifs is 1. The summed E-state index contributed by atoms with van der Waals surface area (Å²) >= 11 is 0. The molecule has 0 bridgehead atoms. The van der Waals surface area contributed by atoms with E-state index in [2.05, 4.69) is 61.9 Å². The van der Waals surface area contributed by atoms with E-state index in [1.807, 2.05) is 0 Å². The maximum Gasteiger partial charge on any atom is 0.0482 e. The van der Waals surface area contributed by atoms with Crippen molar-refractivity contribution in [2.24, 2.45) is 7.05 Å². The highest BCUT2D eigenvalue weighted by Gasteiger charge is 2.02. The van der Waals surface area contributed by atoms with Crippen molar-refractivity contribution in [3.63, 3.8) is 0 Å². The lowest BCUT2D eigenvalue weighted by Gasteiger charge is -1.95. The second kappa shape index (κ2) is 3.33. The van der Waals surface area contributed by atoms with E-state index in [1.54, 1.807) is 0 Å². The predicted molar refractivity (Wildman–Crippen MR) is 61.3 cm³/mol. The zero-order valence-electron chi connectivity index (χ0n) is 8.91. The molecule has 1 heteroatoms. The van der Waals surface area contributed by atoms with Gasteiger partial charge >= 0.3 is 0 Å². The number of rotatable bonds is 0. The first kappa shape index (κ1) is 9.07. The third kappa shape index (κ3) is 1.25. The van der Waals surface area contributed by atoms with Crippen molar-refractivity contribution in [3.8, 4) is 0 Å². The van der Waals surface area contributed by atoms with Crippen LogP contribution in [0, 0.1) is 13.8 Å². The average molecular weight is 185 g/mol. The van der Waals surface area contributed by atoms with E-state index in [9.17, 15) is 0 Å². The minimum atomic E-state index is 1.29. The first-order chi connectivity index (χ1) is 6.72. The van der Waals surface area contributed by atoms with E-state index in [-0.39, 0.29) is 0 Å². The SMILES string of the molecule is Cc1c(C)n(C)c2/c1=C\C=C/C=C\C=2. The summed E-state index contributed by atoms with van der Waals surface area (Å²) in [5.74, 6) is 0. The minimum absolute atomic E-state index is 1.29. The second-order valence-electron chi connectivity index (χ2n) is 3.67. The van der Waals surface area contributed by atoms with Crippen molar-refractivity contribution < 1.29 is 0 Å². The Morgan fingerprint density at radius 1 is 0.929 bits per heavy atom. The molecule has 0 fully saturated rings. The van der Waals surface area contributed by atoms with Crippen molar-refractivity contribution in [3.05, 3.63) is 46.1 Å². The summed E-state index contributed by atoms with van der Waals surface area (Å²) in [7, 11) is 2.12. The molecule has 0 saturated heterocycles. The molecular weight excluding hydrogens is 170 g/mol. The largest absolute Gasteiger partial charge is 0.348 e. The molecule has 0 N–H and O–H groups in total. The molecule has 0 radical (unpaired) electrons. The fourth-order valence-corrected chi connectivity index (χ4v) is 1.84. The molecule has 0 aliphatic heterocycles. The Balaban J connectivity index is 2.95. The summed E-state index contributed by atoms with van der Waals surface area (Å²) in [5.41, 5.74) is 2.71. The molecule has 1 aliphatic rings. The normalized spacial score (nSPS) is 23.4. The summed E-state index contributed by atoms with van der Waals surface area (Å²) in [6.07, 6.45) is 12.6. The minimum Gasteiger partial charge on any atom is -0.348 e. The zero-order chi connectivity index (χ0) is 10.1. The highest BCUT2D eigenvalue weighted by atomic mass is 14.9. The molecule has 0 atom stereocenters. The molecule has 14 heavy (non-hydrogen) atoms. The van der Waals surface area contributed by atoms with Gasteiger partial charge in [0.2, 0.25) is 0 Å². The van der Waals surface area contributed by atoms with Crippen LogP contribution in [0.25, 0.3) is 12.2 Å². The average Bonchev–Trinajstić information content (AvgIpc) is 2.31. The number of aromatic nitrogens is 1. The molecule has 2 rings (SSSR count).